The average Bonchev–Trinajstić information content (AvgIpc) is 3.32. The molecular formula is C40H39N. The third-order valence-corrected chi connectivity index (χ3v) is 7.84. The van der Waals surface area contributed by atoms with Crippen molar-refractivity contribution in [1.82, 2.24) is 0 Å². The van der Waals surface area contributed by atoms with Crippen molar-refractivity contribution in [2.45, 2.75) is 39.5 Å². The molecule has 0 atom stereocenters. The van der Waals surface area contributed by atoms with Gasteiger partial charge in [-0.25, -0.2) is 0 Å². The summed E-state index contributed by atoms with van der Waals surface area (Å²) in [6.45, 7) is 8.40. The summed E-state index contributed by atoms with van der Waals surface area (Å²) >= 11 is 0. The standard InChI is InChI=1S/C38H33N.C2H6/c1-3-15-36-34(4-2)35-25-24-33(39-32-23-14-18-29(26-32)28-16-8-5-9-17-28)27-37(35)38(36,30-19-10-6-11-20-30)31-21-12-7-13-22-31;1-2/h3,5-27,39H,4H2,1-2H3;1-2H3/b15-3-;. The van der Waals surface area contributed by atoms with E-state index in [1.807, 2.05) is 13.8 Å². The fraction of sp³-hybridized carbons (Fsp3) is 0.150. The van der Waals surface area contributed by atoms with Crippen molar-refractivity contribution in [2.75, 3.05) is 5.32 Å². The van der Waals surface area contributed by atoms with Crippen LogP contribution in [-0.4, -0.2) is 0 Å². The molecule has 0 radical (unpaired) electrons. The van der Waals surface area contributed by atoms with Crippen LogP contribution in [0, 0.1) is 0 Å². The van der Waals surface area contributed by atoms with Crippen molar-refractivity contribution >= 4 is 16.9 Å². The summed E-state index contributed by atoms with van der Waals surface area (Å²) in [6, 6.07) is 48.1. The molecule has 5 aromatic carbocycles. The van der Waals surface area contributed by atoms with Gasteiger partial charge >= 0.3 is 0 Å². The zero-order valence-electron chi connectivity index (χ0n) is 24.6. The fourth-order valence-corrected chi connectivity index (χ4v) is 6.22. The van der Waals surface area contributed by atoms with Crippen LogP contribution in [0.5, 0.6) is 0 Å². The first-order valence-electron chi connectivity index (χ1n) is 14.8. The van der Waals surface area contributed by atoms with Crippen LogP contribution in [0.25, 0.3) is 16.7 Å². The van der Waals surface area contributed by atoms with Gasteiger partial charge in [-0.2, -0.15) is 0 Å². The van der Waals surface area contributed by atoms with Crippen LogP contribution in [0.3, 0.4) is 0 Å². The first-order valence-corrected chi connectivity index (χ1v) is 14.8. The van der Waals surface area contributed by atoms with E-state index in [0.717, 1.165) is 17.8 Å². The second-order valence-corrected chi connectivity index (χ2v) is 10.1. The van der Waals surface area contributed by atoms with E-state index in [1.54, 1.807) is 0 Å². The normalized spacial score (nSPS) is 13.5. The Labute approximate surface area is 245 Å². The van der Waals surface area contributed by atoms with E-state index < -0.39 is 0 Å². The van der Waals surface area contributed by atoms with E-state index in [-0.39, 0.29) is 5.41 Å². The third kappa shape index (κ3) is 5.16. The summed E-state index contributed by atoms with van der Waals surface area (Å²) in [5, 5.41) is 3.73. The van der Waals surface area contributed by atoms with Crippen molar-refractivity contribution in [2.24, 2.45) is 0 Å². The summed E-state index contributed by atoms with van der Waals surface area (Å²) in [6.07, 6.45) is 5.49. The highest BCUT2D eigenvalue weighted by Gasteiger charge is 2.46. The first kappa shape index (κ1) is 27.9. The molecule has 204 valence electrons. The maximum atomic E-state index is 3.73. The Bertz CT molecular complexity index is 1600. The van der Waals surface area contributed by atoms with Gasteiger partial charge in [0.05, 0.1) is 5.41 Å². The number of benzene rings is 5. The van der Waals surface area contributed by atoms with Gasteiger partial charge in [-0.15, -0.1) is 0 Å². The maximum Gasteiger partial charge on any atom is 0.0710 e. The highest BCUT2D eigenvalue weighted by atomic mass is 14.9. The van der Waals surface area contributed by atoms with Gasteiger partial charge in [-0.1, -0.05) is 142 Å². The van der Waals surface area contributed by atoms with E-state index >= 15 is 0 Å². The van der Waals surface area contributed by atoms with Crippen molar-refractivity contribution in [3.8, 4) is 11.1 Å². The number of fused-ring (bicyclic) bond motifs is 1. The van der Waals surface area contributed by atoms with Gasteiger partial charge in [0.15, 0.2) is 0 Å². The van der Waals surface area contributed by atoms with Crippen LogP contribution in [-0.2, 0) is 5.41 Å². The zero-order chi connectivity index (χ0) is 28.7. The molecule has 1 nitrogen and oxygen atoms in total. The van der Waals surface area contributed by atoms with Crippen LogP contribution >= 0.6 is 0 Å². The Morgan fingerprint density at radius 3 is 1.76 bits per heavy atom. The second kappa shape index (κ2) is 12.7. The minimum Gasteiger partial charge on any atom is -0.355 e. The van der Waals surface area contributed by atoms with Crippen LogP contribution < -0.4 is 5.32 Å². The molecule has 1 N–H and O–H groups in total. The molecule has 1 aliphatic rings. The van der Waals surface area contributed by atoms with E-state index in [1.165, 1.54) is 44.5 Å². The maximum absolute atomic E-state index is 3.73. The molecule has 41 heavy (non-hydrogen) atoms. The second-order valence-electron chi connectivity index (χ2n) is 10.1. The summed E-state index contributed by atoms with van der Waals surface area (Å²) in [5.41, 5.74) is 12.2. The highest BCUT2D eigenvalue weighted by molar-refractivity contribution is 5.89. The Kier molecular flexibility index (Phi) is 8.65. The van der Waals surface area contributed by atoms with E-state index in [4.69, 9.17) is 0 Å². The lowest BCUT2D eigenvalue weighted by molar-refractivity contribution is 0.760. The molecule has 0 saturated heterocycles. The molecular weight excluding hydrogens is 494 g/mol. The number of allylic oxidation sites excluding steroid dienone is 4. The molecule has 5 aromatic rings. The quantitative estimate of drug-likeness (QED) is 0.219. The molecule has 0 spiro atoms. The van der Waals surface area contributed by atoms with E-state index in [9.17, 15) is 0 Å². The molecule has 1 heteroatoms. The van der Waals surface area contributed by atoms with Gasteiger partial charge in [-0.05, 0) is 82.1 Å². The summed E-state index contributed by atoms with van der Waals surface area (Å²) < 4.78 is 0. The minimum atomic E-state index is -0.390. The Morgan fingerprint density at radius 2 is 1.17 bits per heavy atom. The van der Waals surface area contributed by atoms with Crippen molar-refractivity contribution in [3.63, 3.8) is 0 Å². The van der Waals surface area contributed by atoms with Gasteiger partial charge in [0.2, 0.25) is 0 Å². The van der Waals surface area contributed by atoms with Crippen LogP contribution in [0.4, 0.5) is 11.4 Å². The van der Waals surface area contributed by atoms with Crippen LogP contribution in [0.15, 0.2) is 151 Å². The van der Waals surface area contributed by atoms with Crippen LogP contribution in [0.1, 0.15) is 56.4 Å². The van der Waals surface area contributed by atoms with Gasteiger partial charge in [0.1, 0.15) is 0 Å². The number of hydrogen-bond acceptors (Lipinski definition) is 1. The van der Waals surface area contributed by atoms with E-state index in [2.05, 4.69) is 165 Å². The lowest BCUT2D eigenvalue weighted by Gasteiger charge is -2.35. The number of rotatable bonds is 7. The molecule has 0 amide bonds. The molecule has 0 fully saturated rings. The SMILES string of the molecule is C/C=C\C1=C(CC)c2ccc(Nc3cccc(-c4ccccc4)c3)cc2C1(c1ccccc1)c1ccccc1.CC. The number of anilines is 2. The molecule has 0 saturated carbocycles. The lowest BCUT2D eigenvalue weighted by atomic mass is 9.66. The van der Waals surface area contributed by atoms with Crippen molar-refractivity contribution < 1.29 is 0 Å². The summed E-state index contributed by atoms with van der Waals surface area (Å²) in [4.78, 5) is 0. The molecule has 1 aliphatic carbocycles. The smallest absolute Gasteiger partial charge is 0.0710 e. The minimum absolute atomic E-state index is 0.390. The zero-order valence-corrected chi connectivity index (χ0v) is 24.6. The van der Waals surface area contributed by atoms with Crippen LogP contribution in [0.2, 0.25) is 0 Å². The topological polar surface area (TPSA) is 12.0 Å². The molecule has 0 bridgehead atoms. The monoisotopic (exact) mass is 533 g/mol. The molecule has 6 rings (SSSR count). The highest BCUT2D eigenvalue weighted by Crippen LogP contribution is 2.56. The van der Waals surface area contributed by atoms with Crippen molar-refractivity contribution in [3.05, 3.63) is 173 Å². The van der Waals surface area contributed by atoms with Gasteiger partial charge in [-0.3, -0.25) is 0 Å². The molecule has 0 heterocycles. The van der Waals surface area contributed by atoms with Gasteiger partial charge in [0.25, 0.3) is 0 Å². The largest absolute Gasteiger partial charge is 0.355 e. The molecule has 0 aromatic heterocycles. The predicted octanol–water partition coefficient (Wildman–Crippen LogP) is 11.2. The summed E-state index contributed by atoms with van der Waals surface area (Å²) in [5.74, 6) is 0. The number of nitrogens with one attached hydrogen (secondary N) is 1. The Morgan fingerprint density at radius 1 is 0.610 bits per heavy atom. The van der Waals surface area contributed by atoms with Gasteiger partial charge < -0.3 is 5.32 Å². The molecule has 0 unspecified atom stereocenters. The lowest BCUT2D eigenvalue weighted by Crippen LogP contribution is -2.29. The fourth-order valence-electron chi connectivity index (χ4n) is 6.22. The van der Waals surface area contributed by atoms with Gasteiger partial charge in [0, 0.05) is 11.4 Å². The average molecular weight is 534 g/mol. The molecule has 0 aliphatic heterocycles. The Balaban J connectivity index is 0.00000165. The Hall–Kier alpha value is -4.62. The van der Waals surface area contributed by atoms with E-state index in [0.29, 0.717) is 0 Å². The summed E-state index contributed by atoms with van der Waals surface area (Å²) in [7, 11) is 0. The number of hydrogen-bond donors (Lipinski definition) is 1. The first-order chi connectivity index (χ1) is 20.3. The van der Waals surface area contributed by atoms with Crippen molar-refractivity contribution in [1.29, 1.82) is 0 Å². The predicted molar refractivity (Wildman–Crippen MR) is 178 cm³/mol. The third-order valence-electron chi connectivity index (χ3n) is 7.84.